The summed E-state index contributed by atoms with van der Waals surface area (Å²) in [5.74, 6) is -0.309. The number of hydrogen-bond acceptors (Lipinski definition) is 4. The number of carbonyl (C=O) groups is 2. The van der Waals surface area contributed by atoms with Crippen molar-refractivity contribution < 1.29 is 19.9 Å². The molecule has 0 aromatic heterocycles. The number of aliphatic hydroxyl groups is 1. The molecule has 6 heteroatoms. The number of hydrogen-bond donors (Lipinski definition) is 3. The van der Waals surface area contributed by atoms with Crippen LogP contribution >= 0.6 is 0 Å². The van der Waals surface area contributed by atoms with E-state index in [1.54, 1.807) is 0 Å². The van der Waals surface area contributed by atoms with Crippen molar-refractivity contribution in [2.45, 2.75) is 52.5 Å². The van der Waals surface area contributed by atoms with Gasteiger partial charge in [-0.3, -0.25) is 14.8 Å². The zero-order chi connectivity index (χ0) is 15.5. The van der Waals surface area contributed by atoms with Gasteiger partial charge in [0.05, 0.1) is 25.1 Å². The van der Waals surface area contributed by atoms with Crippen LogP contribution in [0.4, 0.5) is 0 Å². The van der Waals surface area contributed by atoms with E-state index >= 15 is 0 Å². The fourth-order valence-corrected chi connectivity index (χ4v) is 2.09. The molecule has 0 saturated heterocycles. The van der Waals surface area contributed by atoms with Gasteiger partial charge in [-0.05, 0) is 18.8 Å². The molecule has 0 aliphatic heterocycles. The molecule has 3 N–H and O–H groups in total. The van der Waals surface area contributed by atoms with E-state index in [-0.39, 0.29) is 25.1 Å². The van der Waals surface area contributed by atoms with Crippen molar-refractivity contribution in [1.29, 1.82) is 0 Å². The minimum atomic E-state index is -0.452. The molecule has 118 valence electrons. The Morgan fingerprint density at radius 3 is 2.50 bits per heavy atom. The average molecular weight is 288 g/mol. The fourth-order valence-electron chi connectivity index (χ4n) is 2.09. The summed E-state index contributed by atoms with van der Waals surface area (Å²) in [5.41, 5.74) is 0. The number of amides is 2. The van der Waals surface area contributed by atoms with E-state index < -0.39 is 5.92 Å². The molecule has 0 spiro atoms. The van der Waals surface area contributed by atoms with Crippen molar-refractivity contribution in [1.82, 2.24) is 10.4 Å². The van der Waals surface area contributed by atoms with Gasteiger partial charge in [0.15, 0.2) is 0 Å². The number of nitrogens with one attached hydrogen (secondary N) is 1. The van der Waals surface area contributed by atoms with Crippen LogP contribution in [0.3, 0.4) is 0 Å². The third kappa shape index (κ3) is 8.12. The lowest BCUT2D eigenvalue weighted by atomic mass is 9.99. The lowest BCUT2D eigenvalue weighted by Gasteiger charge is -2.24. The Balaban J connectivity index is 4.53. The number of hydroxylamine groups is 2. The number of rotatable bonds is 11. The smallest absolute Gasteiger partial charge is 0.233 e. The van der Waals surface area contributed by atoms with Crippen molar-refractivity contribution in [3.63, 3.8) is 0 Å². The molecule has 0 fully saturated rings. The number of nitrogens with zero attached hydrogens (tertiary/aromatic N) is 1. The van der Waals surface area contributed by atoms with Crippen LogP contribution in [0, 0.1) is 11.8 Å². The summed E-state index contributed by atoms with van der Waals surface area (Å²) in [4.78, 5) is 22.6. The van der Waals surface area contributed by atoms with Crippen LogP contribution in [-0.2, 0) is 9.59 Å². The quantitative estimate of drug-likeness (QED) is 0.302. The van der Waals surface area contributed by atoms with E-state index in [1.165, 1.54) is 0 Å². The predicted octanol–water partition coefficient (Wildman–Crippen LogP) is 1.16. The van der Waals surface area contributed by atoms with Crippen LogP contribution in [0.15, 0.2) is 0 Å². The van der Waals surface area contributed by atoms with Gasteiger partial charge in [0.25, 0.3) is 0 Å². The second-order valence-electron chi connectivity index (χ2n) is 5.58. The van der Waals surface area contributed by atoms with Crippen LogP contribution < -0.4 is 5.32 Å². The van der Waals surface area contributed by atoms with Gasteiger partial charge >= 0.3 is 0 Å². The van der Waals surface area contributed by atoms with Gasteiger partial charge < -0.3 is 10.4 Å². The predicted molar refractivity (Wildman–Crippen MR) is 76.0 cm³/mol. The molecular weight excluding hydrogens is 260 g/mol. The molecular formula is C14H28N2O4. The number of carbonyl (C=O) groups excluding carboxylic acids is 2. The second-order valence-corrected chi connectivity index (χ2v) is 5.58. The zero-order valence-electron chi connectivity index (χ0n) is 12.7. The summed E-state index contributed by atoms with van der Waals surface area (Å²) in [6.07, 6.45) is 3.38. The fraction of sp³-hybridized carbons (Fsp3) is 0.857. The number of aliphatic hydroxyl groups excluding tert-OH is 1. The summed E-state index contributed by atoms with van der Waals surface area (Å²) in [6, 6.07) is -0.282. The third-order valence-corrected chi connectivity index (χ3v) is 3.13. The Bertz CT molecular complexity index is 284. The molecule has 2 unspecified atom stereocenters. The van der Waals surface area contributed by atoms with Crippen molar-refractivity contribution in [3.8, 4) is 0 Å². The minimum absolute atomic E-state index is 0.0187. The first-order chi connectivity index (χ1) is 9.44. The lowest BCUT2D eigenvalue weighted by molar-refractivity contribution is -0.154. The van der Waals surface area contributed by atoms with E-state index in [4.69, 9.17) is 0 Å². The van der Waals surface area contributed by atoms with Gasteiger partial charge in [0.2, 0.25) is 12.3 Å². The highest BCUT2D eigenvalue weighted by Crippen LogP contribution is 2.12. The average Bonchev–Trinajstić information content (AvgIpc) is 2.41. The molecule has 0 aliphatic carbocycles. The Labute approximate surface area is 121 Å². The standard InChI is InChI=1S/C14H28N2O4/c1-4-5-6-12(8-16(20)10-18)14(19)15-13(9-17)7-11(2)3/h10-13,17,20H,4-9H2,1-3H3,(H,15,19). The van der Waals surface area contributed by atoms with E-state index in [0.717, 1.165) is 12.8 Å². The van der Waals surface area contributed by atoms with Crippen LogP contribution in [0.5, 0.6) is 0 Å². The molecule has 0 aliphatic rings. The first-order valence-corrected chi connectivity index (χ1v) is 7.26. The van der Waals surface area contributed by atoms with E-state index in [9.17, 15) is 19.9 Å². The maximum atomic E-state index is 12.2. The SMILES string of the molecule is CCCCC(CN(O)C=O)C(=O)NC(CO)CC(C)C. The Morgan fingerprint density at radius 2 is 2.05 bits per heavy atom. The Morgan fingerprint density at radius 1 is 1.40 bits per heavy atom. The Kier molecular flexibility index (Phi) is 10.0. The van der Waals surface area contributed by atoms with Crippen molar-refractivity contribution >= 4 is 12.3 Å². The van der Waals surface area contributed by atoms with Crippen molar-refractivity contribution in [3.05, 3.63) is 0 Å². The van der Waals surface area contributed by atoms with E-state index in [2.05, 4.69) is 5.32 Å². The molecule has 2 amide bonds. The van der Waals surface area contributed by atoms with Crippen LogP contribution in [0.1, 0.15) is 46.5 Å². The van der Waals surface area contributed by atoms with Crippen molar-refractivity contribution in [2.24, 2.45) is 11.8 Å². The second kappa shape index (κ2) is 10.6. The Hall–Kier alpha value is -1.14. The molecule has 6 nitrogen and oxygen atoms in total. The van der Waals surface area contributed by atoms with Gasteiger partial charge in [-0.15, -0.1) is 0 Å². The molecule has 0 radical (unpaired) electrons. The minimum Gasteiger partial charge on any atom is -0.394 e. The van der Waals surface area contributed by atoms with Gasteiger partial charge in [0.1, 0.15) is 0 Å². The summed E-state index contributed by atoms with van der Waals surface area (Å²) in [6.45, 7) is 5.92. The first-order valence-electron chi connectivity index (χ1n) is 7.26. The van der Waals surface area contributed by atoms with Crippen molar-refractivity contribution in [2.75, 3.05) is 13.2 Å². The molecule has 0 heterocycles. The summed E-state index contributed by atoms with van der Waals surface area (Å²) >= 11 is 0. The van der Waals surface area contributed by atoms with Crippen LogP contribution in [0.2, 0.25) is 0 Å². The largest absolute Gasteiger partial charge is 0.394 e. The molecule has 0 bridgehead atoms. The maximum absolute atomic E-state index is 12.2. The highest BCUT2D eigenvalue weighted by molar-refractivity contribution is 5.79. The third-order valence-electron chi connectivity index (χ3n) is 3.13. The highest BCUT2D eigenvalue weighted by Gasteiger charge is 2.23. The van der Waals surface area contributed by atoms with E-state index in [1.807, 2.05) is 20.8 Å². The first kappa shape index (κ1) is 18.9. The summed E-state index contributed by atoms with van der Waals surface area (Å²) in [7, 11) is 0. The number of unbranched alkanes of at least 4 members (excludes halogenated alkanes) is 1. The molecule has 0 rings (SSSR count). The normalized spacial score (nSPS) is 13.9. The van der Waals surface area contributed by atoms with Crippen LogP contribution in [0.25, 0.3) is 0 Å². The molecule has 0 aromatic rings. The van der Waals surface area contributed by atoms with Gasteiger partial charge in [-0.2, -0.15) is 0 Å². The lowest BCUT2D eigenvalue weighted by Crippen LogP contribution is -2.44. The maximum Gasteiger partial charge on any atom is 0.233 e. The molecule has 20 heavy (non-hydrogen) atoms. The highest BCUT2D eigenvalue weighted by atomic mass is 16.5. The van der Waals surface area contributed by atoms with Gasteiger partial charge in [-0.1, -0.05) is 33.6 Å². The van der Waals surface area contributed by atoms with Gasteiger partial charge in [0, 0.05) is 0 Å². The topological polar surface area (TPSA) is 89.9 Å². The molecule has 0 aromatic carbocycles. The van der Waals surface area contributed by atoms with E-state index in [0.29, 0.717) is 30.2 Å². The monoisotopic (exact) mass is 288 g/mol. The van der Waals surface area contributed by atoms with Crippen LogP contribution in [-0.4, -0.2) is 46.9 Å². The summed E-state index contributed by atoms with van der Waals surface area (Å²) < 4.78 is 0. The molecule has 0 saturated carbocycles. The van der Waals surface area contributed by atoms with Gasteiger partial charge in [-0.25, -0.2) is 5.06 Å². The molecule has 2 atom stereocenters. The summed E-state index contributed by atoms with van der Waals surface area (Å²) in [5, 5.41) is 21.8. The zero-order valence-corrected chi connectivity index (χ0v) is 12.7.